The topological polar surface area (TPSA) is 12.0 Å². The monoisotopic (exact) mass is 293 g/mol. The Morgan fingerprint density at radius 2 is 2.06 bits per heavy atom. The molecular weight excluding hydrogens is 274 g/mol. The lowest BCUT2D eigenvalue weighted by Gasteiger charge is -2.19. The van der Waals surface area contributed by atoms with E-state index in [4.69, 9.17) is 0 Å². The van der Waals surface area contributed by atoms with E-state index < -0.39 is 0 Å². The normalized spacial score (nSPS) is 16.9. The molecule has 0 saturated heterocycles. The molecule has 0 spiro atoms. The quantitative estimate of drug-likeness (QED) is 0.807. The van der Waals surface area contributed by atoms with E-state index in [1.165, 1.54) is 24.8 Å². The molecule has 1 aromatic rings. The van der Waals surface area contributed by atoms with Crippen molar-refractivity contribution in [3.8, 4) is 0 Å². The van der Waals surface area contributed by atoms with Crippen LogP contribution in [0, 0.1) is 0 Å². The van der Waals surface area contributed by atoms with E-state index in [1.54, 1.807) is 5.57 Å². The van der Waals surface area contributed by atoms with Crippen molar-refractivity contribution < 1.29 is 0 Å². The lowest BCUT2D eigenvalue weighted by molar-refractivity contribution is 0.574. The third-order valence-electron chi connectivity index (χ3n) is 3.33. The summed E-state index contributed by atoms with van der Waals surface area (Å²) in [7, 11) is 0. The third kappa shape index (κ3) is 3.68. The first-order chi connectivity index (χ1) is 8.29. The maximum Gasteiger partial charge on any atom is 0.0319 e. The number of rotatable bonds is 5. The second kappa shape index (κ2) is 6.36. The summed E-state index contributed by atoms with van der Waals surface area (Å²) in [6.45, 7) is 3.22. The first-order valence-electron chi connectivity index (χ1n) is 6.46. The standard InChI is InChI=1S/C15H20BrN/c1-2-17-15(13-5-3-4-6-13)11-12-7-9-14(16)10-8-12/h5,7-10,15,17H,2-4,6,11H2,1H3. The average Bonchev–Trinajstić information content (AvgIpc) is 2.85. The van der Waals surface area contributed by atoms with Gasteiger partial charge in [0.25, 0.3) is 0 Å². The van der Waals surface area contributed by atoms with Gasteiger partial charge in [0, 0.05) is 10.5 Å². The predicted octanol–water partition coefficient (Wildman–Crippen LogP) is 4.08. The molecule has 1 atom stereocenters. The molecule has 0 heterocycles. The zero-order valence-electron chi connectivity index (χ0n) is 10.4. The summed E-state index contributed by atoms with van der Waals surface area (Å²) in [6.07, 6.45) is 7.39. The van der Waals surface area contributed by atoms with E-state index >= 15 is 0 Å². The summed E-state index contributed by atoms with van der Waals surface area (Å²) in [6, 6.07) is 9.21. The molecule has 1 aliphatic rings. The Hall–Kier alpha value is -0.600. The van der Waals surface area contributed by atoms with Gasteiger partial charge in [0.05, 0.1) is 0 Å². The lowest BCUT2D eigenvalue weighted by atomic mass is 9.98. The Labute approximate surface area is 112 Å². The molecule has 2 rings (SSSR count). The van der Waals surface area contributed by atoms with Gasteiger partial charge in [-0.25, -0.2) is 0 Å². The Bertz CT molecular complexity index is 380. The second-order valence-electron chi connectivity index (χ2n) is 4.61. The zero-order chi connectivity index (χ0) is 12.1. The van der Waals surface area contributed by atoms with Crippen LogP contribution >= 0.6 is 15.9 Å². The second-order valence-corrected chi connectivity index (χ2v) is 5.53. The molecule has 0 aliphatic heterocycles. The SMILES string of the molecule is CCNC(Cc1ccc(Br)cc1)C1=CCCC1. The largest absolute Gasteiger partial charge is 0.310 e. The molecule has 2 heteroatoms. The van der Waals surface area contributed by atoms with Crippen molar-refractivity contribution in [2.45, 2.75) is 38.6 Å². The minimum Gasteiger partial charge on any atom is -0.310 e. The smallest absolute Gasteiger partial charge is 0.0319 e. The van der Waals surface area contributed by atoms with Crippen molar-refractivity contribution in [1.29, 1.82) is 0 Å². The molecule has 1 nitrogen and oxygen atoms in total. The summed E-state index contributed by atoms with van der Waals surface area (Å²) in [5.74, 6) is 0. The van der Waals surface area contributed by atoms with Gasteiger partial charge in [-0.15, -0.1) is 0 Å². The first-order valence-corrected chi connectivity index (χ1v) is 7.25. The first kappa shape index (κ1) is 12.8. The van der Waals surface area contributed by atoms with Gasteiger partial charge in [-0.2, -0.15) is 0 Å². The maximum atomic E-state index is 3.61. The van der Waals surface area contributed by atoms with Gasteiger partial charge < -0.3 is 5.32 Å². The fraction of sp³-hybridized carbons (Fsp3) is 0.467. The van der Waals surface area contributed by atoms with Gasteiger partial charge in [0.15, 0.2) is 0 Å². The fourth-order valence-electron chi connectivity index (χ4n) is 2.45. The van der Waals surface area contributed by atoms with Crippen LogP contribution in [0.1, 0.15) is 31.7 Å². The van der Waals surface area contributed by atoms with Gasteiger partial charge in [0.2, 0.25) is 0 Å². The molecule has 1 N–H and O–H groups in total. The van der Waals surface area contributed by atoms with E-state index in [1.807, 2.05) is 0 Å². The van der Waals surface area contributed by atoms with Crippen molar-refractivity contribution in [1.82, 2.24) is 5.32 Å². The predicted molar refractivity (Wildman–Crippen MR) is 77.2 cm³/mol. The van der Waals surface area contributed by atoms with Crippen LogP contribution in [0.4, 0.5) is 0 Å². The van der Waals surface area contributed by atoms with E-state index in [0.717, 1.165) is 17.4 Å². The molecule has 1 unspecified atom stereocenters. The minimum atomic E-state index is 0.531. The Kier molecular flexibility index (Phi) is 4.81. The Morgan fingerprint density at radius 3 is 2.65 bits per heavy atom. The van der Waals surface area contributed by atoms with Crippen LogP contribution in [0.5, 0.6) is 0 Å². The number of halogens is 1. The van der Waals surface area contributed by atoms with Crippen LogP contribution in [0.3, 0.4) is 0 Å². The van der Waals surface area contributed by atoms with Gasteiger partial charge in [-0.3, -0.25) is 0 Å². The molecule has 1 aromatic carbocycles. The van der Waals surface area contributed by atoms with E-state index in [-0.39, 0.29) is 0 Å². The highest BCUT2D eigenvalue weighted by molar-refractivity contribution is 9.10. The van der Waals surface area contributed by atoms with Crippen molar-refractivity contribution in [3.63, 3.8) is 0 Å². The van der Waals surface area contributed by atoms with Crippen molar-refractivity contribution in [3.05, 3.63) is 46.0 Å². The summed E-state index contributed by atoms with van der Waals surface area (Å²) in [5, 5.41) is 3.61. The van der Waals surface area contributed by atoms with Gasteiger partial charge in [-0.1, -0.05) is 46.6 Å². The molecule has 0 radical (unpaired) electrons. The number of benzene rings is 1. The summed E-state index contributed by atoms with van der Waals surface area (Å²) < 4.78 is 1.15. The van der Waals surface area contributed by atoms with Crippen LogP contribution in [0.15, 0.2) is 40.4 Å². The van der Waals surface area contributed by atoms with E-state index in [0.29, 0.717) is 6.04 Å². The summed E-state index contributed by atoms with van der Waals surface area (Å²) in [5.41, 5.74) is 3.02. The minimum absolute atomic E-state index is 0.531. The Balaban J connectivity index is 2.04. The molecule has 92 valence electrons. The molecule has 0 fully saturated rings. The van der Waals surface area contributed by atoms with E-state index in [9.17, 15) is 0 Å². The molecule has 0 saturated carbocycles. The highest BCUT2D eigenvalue weighted by Gasteiger charge is 2.16. The van der Waals surface area contributed by atoms with Gasteiger partial charge >= 0.3 is 0 Å². The van der Waals surface area contributed by atoms with Gasteiger partial charge in [-0.05, 0) is 49.9 Å². The lowest BCUT2D eigenvalue weighted by Crippen LogP contribution is -2.32. The summed E-state index contributed by atoms with van der Waals surface area (Å²) in [4.78, 5) is 0. The molecule has 0 amide bonds. The molecule has 1 aliphatic carbocycles. The number of nitrogens with one attached hydrogen (secondary N) is 1. The third-order valence-corrected chi connectivity index (χ3v) is 3.86. The molecular formula is C15H20BrN. The van der Waals surface area contributed by atoms with Crippen LogP contribution in [0.2, 0.25) is 0 Å². The molecule has 17 heavy (non-hydrogen) atoms. The van der Waals surface area contributed by atoms with Gasteiger partial charge in [0.1, 0.15) is 0 Å². The number of likely N-dealkylation sites (N-methyl/N-ethyl adjacent to an activating group) is 1. The number of allylic oxidation sites excluding steroid dienone is 1. The van der Waals surface area contributed by atoms with Crippen LogP contribution in [0.25, 0.3) is 0 Å². The summed E-state index contributed by atoms with van der Waals surface area (Å²) >= 11 is 3.48. The number of hydrogen-bond acceptors (Lipinski definition) is 1. The van der Waals surface area contributed by atoms with Crippen molar-refractivity contribution in [2.24, 2.45) is 0 Å². The average molecular weight is 294 g/mol. The highest BCUT2D eigenvalue weighted by Crippen LogP contribution is 2.23. The van der Waals surface area contributed by atoms with Crippen molar-refractivity contribution in [2.75, 3.05) is 6.54 Å². The number of hydrogen-bond donors (Lipinski definition) is 1. The molecule has 0 aromatic heterocycles. The fourth-order valence-corrected chi connectivity index (χ4v) is 2.71. The highest BCUT2D eigenvalue weighted by atomic mass is 79.9. The van der Waals surface area contributed by atoms with Crippen LogP contribution in [-0.4, -0.2) is 12.6 Å². The van der Waals surface area contributed by atoms with Crippen molar-refractivity contribution >= 4 is 15.9 Å². The molecule has 0 bridgehead atoms. The van der Waals surface area contributed by atoms with Crippen LogP contribution < -0.4 is 5.32 Å². The van der Waals surface area contributed by atoms with E-state index in [2.05, 4.69) is 58.5 Å². The maximum absolute atomic E-state index is 3.61. The zero-order valence-corrected chi connectivity index (χ0v) is 12.0. The Morgan fingerprint density at radius 1 is 1.29 bits per heavy atom. The van der Waals surface area contributed by atoms with Crippen LogP contribution in [-0.2, 0) is 6.42 Å².